The third kappa shape index (κ3) is 3.65. The monoisotopic (exact) mass is 380 g/mol. The van der Waals surface area contributed by atoms with E-state index in [4.69, 9.17) is 9.26 Å². The lowest BCUT2D eigenvalue weighted by Crippen LogP contribution is -2.32. The van der Waals surface area contributed by atoms with E-state index in [1.54, 1.807) is 6.20 Å². The number of benzene rings is 1. The summed E-state index contributed by atoms with van der Waals surface area (Å²) < 4.78 is 10.9. The summed E-state index contributed by atoms with van der Waals surface area (Å²) in [4.78, 5) is 14.9. The van der Waals surface area contributed by atoms with Gasteiger partial charge in [-0.3, -0.25) is 9.89 Å². The maximum atomic E-state index is 13.0. The van der Waals surface area contributed by atoms with Gasteiger partial charge in [-0.05, 0) is 44.4 Å². The number of H-pyrrole nitrogens is 1. The van der Waals surface area contributed by atoms with E-state index in [2.05, 4.69) is 15.4 Å². The van der Waals surface area contributed by atoms with Gasteiger partial charge in [0, 0.05) is 12.6 Å². The summed E-state index contributed by atoms with van der Waals surface area (Å²) in [6.45, 7) is 5.21. The first-order chi connectivity index (χ1) is 13.7. The van der Waals surface area contributed by atoms with E-state index in [0.29, 0.717) is 18.8 Å². The molecule has 0 bridgehead atoms. The lowest BCUT2D eigenvalue weighted by molar-refractivity contribution is -0.131. The molecule has 146 valence electrons. The molecule has 1 saturated heterocycles. The number of carbonyl (C=O) groups excluding carboxylic acids is 1. The maximum Gasteiger partial charge on any atom is 0.227 e. The summed E-state index contributed by atoms with van der Waals surface area (Å²) in [5.41, 5.74) is 3.58. The Morgan fingerprint density at radius 1 is 1.36 bits per heavy atom. The summed E-state index contributed by atoms with van der Waals surface area (Å²) in [5, 5.41) is 11.2. The summed E-state index contributed by atoms with van der Waals surface area (Å²) in [5.74, 6) is 1.61. The second kappa shape index (κ2) is 7.88. The Kier molecular flexibility index (Phi) is 5.14. The van der Waals surface area contributed by atoms with E-state index in [-0.39, 0.29) is 11.9 Å². The molecular weight excluding hydrogens is 356 g/mol. The molecule has 2 aromatic heterocycles. The molecule has 0 aliphatic carbocycles. The van der Waals surface area contributed by atoms with Crippen molar-refractivity contribution < 1.29 is 14.1 Å². The van der Waals surface area contributed by atoms with E-state index in [0.717, 1.165) is 47.7 Å². The van der Waals surface area contributed by atoms with Crippen LogP contribution in [0.3, 0.4) is 0 Å². The molecule has 3 aromatic rings. The van der Waals surface area contributed by atoms with Crippen molar-refractivity contribution in [3.63, 3.8) is 0 Å². The van der Waals surface area contributed by atoms with Gasteiger partial charge in [0.1, 0.15) is 5.75 Å². The van der Waals surface area contributed by atoms with Gasteiger partial charge >= 0.3 is 0 Å². The smallest absolute Gasteiger partial charge is 0.227 e. The minimum Gasteiger partial charge on any atom is -0.494 e. The van der Waals surface area contributed by atoms with Gasteiger partial charge in [0.15, 0.2) is 5.76 Å². The molecule has 4 rings (SSSR count). The average molecular weight is 380 g/mol. The zero-order chi connectivity index (χ0) is 19.5. The van der Waals surface area contributed by atoms with Gasteiger partial charge in [-0.1, -0.05) is 17.3 Å². The maximum absolute atomic E-state index is 13.0. The van der Waals surface area contributed by atoms with Crippen LogP contribution < -0.4 is 4.74 Å². The standard InChI is InChI=1S/C21H24N4O3/c1-3-27-16-8-6-15(7-9-16)12-20(26)25-10-4-5-18(25)21-17(13-22-23-21)19-11-14(2)24-28-19/h6-9,11,13,18H,3-5,10,12H2,1-2H3,(H,22,23)/t18-/m0/s1. The summed E-state index contributed by atoms with van der Waals surface area (Å²) >= 11 is 0. The van der Waals surface area contributed by atoms with Crippen LogP contribution in [-0.2, 0) is 11.2 Å². The Morgan fingerprint density at radius 3 is 2.89 bits per heavy atom. The van der Waals surface area contributed by atoms with Crippen LogP contribution >= 0.6 is 0 Å². The van der Waals surface area contributed by atoms with Gasteiger partial charge in [-0.15, -0.1) is 0 Å². The number of ether oxygens (including phenoxy) is 1. The first kappa shape index (κ1) is 18.3. The van der Waals surface area contributed by atoms with Crippen LogP contribution in [0, 0.1) is 6.92 Å². The zero-order valence-corrected chi connectivity index (χ0v) is 16.1. The molecule has 0 unspecified atom stereocenters. The number of nitrogens with zero attached hydrogens (tertiary/aromatic N) is 3. The fourth-order valence-corrected chi connectivity index (χ4v) is 3.75. The summed E-state index contributed by atoms with van der Waals surface area (Å²) in [6.07, 6.45) is 3.97. The van der Waals surface area contributed by atoms with Gasteiger partial charge in [0.05, 0.1) is 42.2 Å². The Balaban J connectivity index is 1.51. The van der Waals surface area contributed by atoms with Crippen LogP contribution in [-0.4, -0.2) is 39.3 Å². The Hall–Kier alpha value is -3.09. The minimum absolute atomic E-state index is 0.0295. The molecule has 1 amide bonds. The molecule has 1 aliphatic rings. The van der Waals surface area contributed by atoms with Gasteiger partial charge in [-0.2, -0.15) is 5.10 Å². The van der Waals surface area contributed by atoms with Crippen LogP contribution in [0.5, 0.6) is 5.75 Å². The Bertz CT molecular complexity index is 945. The molecule has 7 nitrogen and oxygen atoms in total. The fourth-order valence-electron chi connectivity index (χ4n) is 3.75. The SMILES string of the molecule is CCOc1ccc(CC(=O)N2CCC[C@H]2c2[nH]ncc2-c2cc(C)no2)cc1. The molecule has 1 aromatic carbocycles. The molecule has 1 aliphatic heterocycles. The predicted molar refractivity (Wildman–Crippen MR) is 104 cm³/mol. The second-order valence-electron chi connectivity index (χ2n) is 7.03. The van der Waals surface area contributed by atoms with Crippen molar-refractivity contribution in [3.8, 4) is 17.1 Å². The number of likely N-dealkylation sites (tertiary alicyclic amines) is 1. The van der Waals surface area contributed by atoms with Crippen LogP contribution in [0.1, 0.15) is 42.8 Å². The molecule has 28 heavy (non-hydrogen) atoms. The topological polar surface area (TPSA) is 84.2 Å². The third-order valence-electron chi connectivity index (χ3n) is 5.06. The van der Waals surface area contributed by atoms with E-state index in [1.807, 2.05) is 49.1 Å². The molecule has 0 radical (unpaired) electrons. The highest BCUT2D eigenvalue weighted by Gasteiger charge is 2.33. The highest BCUT2D eigenvalue weighted by Crippen LogP contribution is 2.37. The molecule has 0 saturated carbocycles. The van der Waals surface area contributed by atoms with Crippen LogP contribution in [0.2, 0.25) is 0 Å². The second-order valence-corrected chi connectivity index (χ2v) is 7.03. The average Bonchev–Trinajstić information content (AvgIpc) is 3.42. The molecular formula is C21H24N4O3. The number of hydrogen-bond acceptors (Lipinski definition) is 5. The van der Waals surface area contributed by atoms with Gasteiger partial charge in [0.25, 0.3) is 0 Å². The van der Waals surface area contributed by atoms with E-state index < -0.39 is 0 Å². The van der Waals surface area contributed by atoms with Crippen molar-refractivity contribution in [2.75, 3.05) is 13.2 Å². The van der Waals surface area contributed by atoms with E-state index >= 15 is 0 Å². The highest BCUT2D eigenvalue weighted by atomic mass is 16.5. The number of aromatic amines is 1. The zero-order valence-electron chi connectivity index (χ0n) is 16.1. The lowest BCUT2D eigenvalue weighted by Gasteiger charge is -2.24. The van der Waals surface area contributed by atoms with Gasteiger partial charge in [0.2, 0.25) is 5.91 Å². The van der Waals surface area contributed by atoms with Crippen molar-refractivity contribution in [2.24, 2.45) is 0 Å². The Labute approximate surface area is 163 Å². The normalized spacial score (nSPS) is 16.5. The summed E-state index contributed by atoms with van der Waals surface area (Å²) in [7, 11) is 0. The van der Waals surface area contributed by atoms with Crippen molar-refractivity contribution in [2.45, 2.75) is 39.2 Å². The number of nitrogens with one attached hydrogen (secondary N) is 1. The minimum atomic E-state index is -0.0295. The summed E-state index contributed by atoms with van der Waals surface area (Å²) in [6, 6.07) is 9.58. The number of aromatic nitrogens is 3. The fraction of sp³-hybridized carbons (Fsp3) is 0.381. The van der Waals surface area contributed by atoms with Gasteiger partial charge in [-0.25, -0.2) is 0 Å². The van der Waals surface area contributed by atoms with E-state index in [1.165, 1.54) is 0 Å². The molecule has 0 spiro atoms. The molecule has 1 fully saturated rings. The number of hydrogen-bond donors (Lipinski definition) is 1. The number of carbonyl (C=O) groups is 1. The molecule has 1 atom stereocenters. The highest BCUT2D eigenvalue weighted by molar-refractivity contribution is 5.80. The van der Waals surface area contributed by atoms with Crippen molar-refractivity contribution in [3.05, 3.63) is 53.5 Å². The van der Waals surface area contributed by atoms with Crippen LogP contribution in [0.4, 0.5) is 0 Å². The molecule has 1 N–H and O–H groups in total. The predicted octanol–water partition coefficient (Wildman–Crippen LogP) is 3.68. The largest absolute Gasteiger partial charge is 0.494 e. The molecule has 7 heteroatoms. The van der Waals surface area contributed by atoms with Crippen molar-refractivity contribution in [1.29, 1.82) is 0 Å². The van der Waals surface area contributed by atoms with E-state index in [9.17, 15) is 4.79 Å². The van der Waals surface area contributed by atoms with Gasteiger partial charge < -0.3 is 14.2 Å². The van der Waals surface area contributed by atoms with Crippen LogP contribution in [0.15, 0.2) is 41.1 Å². The quantitative estimate of drug-likeness (QED) is 0.705. The van der Waals surface area contributed by atoms with Crippen molar-refractivity contribution >= 4 is 5.91 Å². The first-order valence-electron chi connectivity index (χ1n) is 9.64. The number of amides is 1. The third-order valence-corrected chi connectivity index (χ3v) is 5.06. The lowest BCUT2D eigenvalue weighted by atomic mass is 10.0. The number of aryl methyl sites for hydroxylation is 1. The molecule has 3 heterocycles. The Morgan fingerprint density at radius 2 is 2.18 bits per heavy atom. The van der Waals surface area contributed by atoms with Crippen molar-refractivity contribution in [1.82, 2.24) is 20.3 Å². The van der Waals surface area contributed by atoms with Crippen LogP contribution in [0.25, 0.3) is 11.3 Å². The number of rotatable bonds is 6. The first-order valence-corrected chi connectivity index (χ1v) is 9.64.